The maximum atomic E-state index is 13.0. The molecular weight excluding hydrogens is 215 g/mol. The summed E-state index contributed by atoms with van der Waals surface area (Å²) >= 11 is 0. The second-order valence-corrected chi connectivity index (χ2v) is 5.09. The Morgan fingerprint density at radius 2 is 2.18 bits per heavy atom. The molecule has 0 aliphatic heterocycles. The second kappa shape index (κ2) is 5.52. The van der Waals surface area contributed by atoms with Crippen molar-refractivity contribution in [2.24, 2.45) is 5.92 Å². The molecule has 0 amide bonds. The molecule has 2 atom stereocenters. The highest BCUT2D eigenvalue weighted by molar-refractivity contribution is 5.32. The minimum absolute atomic E-state index is 0.190. The van der Waals surface area contributed by atoms with Crippen LogP contribution in [0.15, 0.2) is 18.2 Å². The third kappa shape index (κ3) is 3.21. The summed E-state index contributed by atoms with van der Waals surface area (Å²) in [6, 6.07) is 4.76. The summed E-state index contributed by atoms with van der Waals surface area (Å²) < 4.78 is 19.0. The number of hydrogen-bond donors (Lipinski definition) is 0. The number of rotatable bonds is 3. The van der Waals surface area contributed by atoms with Gasteiger partial charge in [-0.05, 0) is 55.9 Å². The van der Waals surface area contributed by atoms with Crippen molar-refractivity contribution in [3.05, 3.63) is 29.6 Å². The van der Waals surface area contributed by atoms with Gasteiger partial charge in [-0.15, -0.1) is 0 Å². The summed E-state index contributed by atoms with van der Waals surface area (Å²) in [5.74, 6) is 1.45. The molecule has 2 unspecified atom stereocenters. The van der Waals surface area contributed by atoms with Crippen LogP contribution in [0, 0.1) is 18.7 Å². The van der Waals surface area contributed by atoms with Crippen LogP contribution < -0.4 is 4.74 Å². The quantitative estimate of drug-likeness (QED) is 0.751. The first-order valence-electron chi connectivity index (χ1n) is 6.62. The molecule has 0 bridgehead atoms. The van der Waals surface area contributed by atoms with Gasteiger partial charge in [-0.25, -0.2) is 4.39 Å². The molecule has 0 heterocycles. The van der Waals surface area contributed by atoms with Gasteiger partial charge in [-0.1, -0.05) is 19.8 Å². The predicted octanol–water partition coefficient (Wildman–Crippen LogP) is 4.48. The van der Waals surface area contributed by atoms with E-state index in [2.05, 4.69) is 6.92 Å². The number of hydrogen-bond acceptors (Lipinski definition) is 1. The van der Waals surface area contributed by atoms with E-state index in [4.69, 9.17) is 4.74 Å². The third-order valence-electron chi connectivity index (χ3n) is 3.74. The average Bonchev–Trinajstić information content (AvgIpc) is 2.33. The van der Waals surface area contributed by atoms with Crippen molar-refractivity contribution in [1.82, 2.24) is 0 Å². The lowest BCUT2D eigenvalue weighted by molar-refractivity contribution is 0.121. The summed E-state index contributed by atoms with van der Waals surface area (Å²) in [7, 11) is 0. The van der Waals surface area contributed by atoms with Gasteiger partial charge in [-0.2, -0.15) is 0 Å². The van der Waals surface area contributed by atoms with Crippen LogP contribution in [0.5, 0.6) is 5.75 Å². The fraction of sp³-hybridized carbons (Fsp3) is 0.600. The van der Waals surface area contributed by atoms with Gasteiger partial charge in [0.15, 0.2) is 0 Å². The Hall–Kier alpha value is -1.05. The smallest absolute Gasteiger partial charge is 0.123 e. The van der Waals surface area contributed by atoms with Crippen molar-refractivity contribution >= 4 is 0 Å². The minimum Gasteiger partial charge on any atom is -0.490 e. The molecule has 0 aromatic heterocycles. The van der Waals surface area contributed by atoms with E-state index in [1.54, 1.807) is 6.07 Å². The van der Waals surface area contributed by atoms with Crippen LogP contribution in [0.2, 0.25) is 0 Å². The summed E-state index contributed by atoms with van der Waals surface area (Å²) in [5, 5.41) is 0. The Morgan fingerprint density at radius 1 is 1.35 bits per heavy atom. The summed E-state index contributed by atoms with van der Waals surface area (Å²) in [6.07, 6.45) is 6.42. The highest BCUT2D eigenvalue weighted by Crippen LogP contribution is 2.30. The standard InChI is InChI=1S/C15H21FO/c1-3-12-5-4-6-14(10-12)17-15-8-7-13(16)9-11(15)2/h7-9,12,14H,3-6,10H2,1-2H3. The van der Waals surface area contributed by atoms with Gasteiger partial charge >= 0.3 is 0 Å². The van der Waals surface area contributed by atoms with Crippen molar-refractivity contribution in [2.75, 3.05) is 0 Å². The molecule has 1 aromatic carbocycles. The molecule has 0 radical (unpaired) electrons. The van der Waals surface area contributed by atoms with Crippen LogP contribution in [-0.4, -0.2) is 6.10 Å². The normalized spacial score (nSPS) is 24.6. The van der Waals surface area contributed by atoms with E-state index in [1.165, 1.54) is 31.4 Å². The third-order valence-corrected chi connectivity index (χ3v) is 3.74. The molecule has 2 heteroatoms. The highest BCUT2D eigenvalue weighted by atomic mass is 19.1. The predicted molar refractivity (Wildman–Crippen MR) is 67.8 cm³/mol. The van der Waals surface area contributed by atoms with Gasteiger partial charge in [0.05, 0.1) is 6.10 Å². The first kappa shape index (κ1) is 12.4. The van der Waals surface area contributed by atoms with E-state index in [0.29, 0.717) is 6.10 Å². The van der Waals surface area contributed by atoms with Gasteiger partial charge in [-0.3, -0.25) is 0 Å². The Morgan fingerprint density at radius 3 is 2.88 bits per heavy atom. The van der Waals surface area contributed by atoms with Crippen molar-refractivity contribution in [1.29, 1.82) is 0 Å². The van der Waals surface area contributed by atoms with E-state index < -0.39 is 0 Å². The van der Waals surface area contributed by atoms with Crippen LogP contribution in [0.1, 0.15) is 44.6 Å². The van der Waals surface area contributed by atoms with Crippen LogP contribution in [-0.2, 0) is 0 Å². The van der Waals surface area contributed by atoms with E-state index in [0.717, 1.165) is 30.1 Å². The second-order valence-electron chi connectivity index (χ2n) is 5.09. The molecule has 94 valence electrons. The molecule has 1 aliphatic carbocycles. The van der Waals surface area contributed by atoms with Crippen molar-refractivity contribution < 1.29 is 9.13 Å². The fourth-order valence-electron chi connectivity index (χ4n) is 2.64. The number of ether oxygens (including phenoxy) is 1. The zero-order valence-corrected chi connectivity index (χ0v) is 10.7. The largest absolute Gasteiger partial charge is 0.490 e. The summed E-state index contributed by atoms with van der Waals surface area (Å²) in [6.45, 7) is 4.15. The molecular formula is C15H21FO. The first-order chi connectivity index (χ1) is 8.19. The van der Waals surface area contributed by atoms with Gasteiger partial charge in [0.2, 0.25) is 0 Å². The van der Waals surface area contributed by atoms with E-state index in [-0.39, 0.29) is 5.82 Å². The van der Waals surface area contributed by atoms with Gasteiger partial charge in [0.25, 0.3) is 0 Å². The van der Waals surface area contributed by atoms with Crippen LogP contribution >= 0.6 is 0 Å². The summed E-state index contributed by atoms with van der Waals surface area (Å²) in [4.78, 5) is 0. The Balaban J connectivity index is 2.00. The molecule has 0 spiro atoms. The van der Waals surface area contributed by atoms with Crippen molar-refractivity contribution in [3.8, 4) is 5.75 Å². The van der Waals surface area contributed by atoms with E-state index >= 15 is 0 Å². The van der Waals surface area contributed by atoms with Gasteiger partial charge in [0, 0.05) is 0 Å². The van der Waals surface area contributed by atoms with E-state index in [9.17, 15) is 4.39 Å². The number of halogens is 1. The van der Waals surface area contributed by atoms with Crippen molar-refractivity contribution in [3.63, 3.8) is 0 Å². The Kier molecular flexibility index (Phi) is 4.03. The maximum Gasteiger partial charge on any atom is 0.123 e. The SMILES string of the molecule is CCC1CCCC(Oc2ccc(F)cc2C)C1. The lowest BCUT2D eigenvalue weighted by Crippen LogP contribution is -2.25. The lowest BCUT2D eigenvalue weighted by Gasteiger charge is -2.29. The molecule has 0 N–H and O–H groups in total. The zero-order valence-electron chi connectivity index (χ0n) is 10.7. The summed E-state index contributed by atoms with van der Waals surface area (Å²) in [5.41, 5.74) is 0.892. The minimum atomic E-state index is -0.190. The molecule has 1 aliphatic rings. The number of benzene rings is 1. The molecule has 0 saturated heterocycles. The highest BCUT2D eigenvalue weighted by Gasteiger charge is 2.22. The Bertz CT molecular complexity index is 375. The van der Waals surface area contributed by atoms with Gasteiger partial charge < -0.3 is 4.74 Å². The lowest BCUT2D eigenvalue weighted by atomic mass is 9.85. The molecule has 1 nitrogen and oxygen atoms in total. The first-order valence-corrected chi connectivity index (χ1v) is 6.62. The fourth-order valence-corrected chi connectivity index (χ4v) is 2.64. The van der Waals surface area contributed by atoms with E-state index in [1.807, 2.05) is 6.92 Å². The molecule has 17 heavy (non-hydrogen) atoms. The zero-order chi connectivity index (χ0) is 12.3. The van der Waals surface area contributed by atoms with Crippen LogP contribution in [0.3, 0.4) is 0 Å². The van der Waals surface area contributed by atoms with Crippen molar-refractivity contribution in [2.45, 2.75) is 52.1 Å². The maximum absolute atomic E-state index is 13.0. The topological polar surface area (TPSA) is 9.23 Å². The van der Waals surface area contributed by atoms with Crippen LogP contribution in [0.25, 0.3) is 0 Å². The van der Waals surface area contributed by atoms with Gasteiger partial charge in [0.1, 0.15) is 11.6 Å². The number of aryl methyl sites for hydroxylation is 1. The molecule has 1 fully saturated rings. The molecule has 2 rings (SSSR count). The Labute approximate surface area is 103 Å². The monoisotopic (exact) mass is 236 g/mol. The van der Waals surface area contributed by atoms with Crippen LogP contribution in [0.4, 0.5) is 4.39 Å². The molecule has 1 aromatic rings. The average molecular weight is 236 g/mol. The molecule has 1 saturated carbocycles.